The minimum atomic E-state index is 0.474. The van der Waals surface area contributed by atoms with Crippen molar-refractivity contribution in [2.24, 2.45) is 0 Å². The lowest BCUT2D eigenvalue weighted by Gasteiger charge is -2.31. The molecule has 2 fully saturated rings. The van der Waals surface area contributed by atoms with Crippen molar-refractivity contribution < 1.29 is 4.74 Å². The Morgan fingerprint density at radius 2 is 2.12 bits per heavy atom. The molecule has 94 valence electrons. The summed E-state index contributed by atoms with van der Waals surface area (Å²) < 4.78 is 5.77. The Hall–Kier alpha value is -0.120. The molecule has 0 amide bonds. The Labute approximate surface area is 99.5 Å². The lowest BCUT2D eigenvalue weighted by Crippen LogP contribution is -2.43. The average Bonchev–Trinajstić information content (AvgIpc) is 3.11. The van der Waals surface area contributed by atoms with Crippen molar-refractivity contribution in [3.8, 4) is 0 Å². The third-order valence-corrected chi connectivity index (χ3v) is 3.80. The van der Waals surface area contributed by atoms with Gasteiger partial charge in [-0.1, -0.05) is 0 Å². The lowest BCUT2D eigenvalue weighted by molar-refractivity contribution is -0.00689. The molecular weight excluding hydrogens is 200 g/mol. The van der Waals surface area contributed by atoms with Crippen LogP contribution in [-0.2, 0) is 4.74 Å². The predicted molar refractivity (Wildman–Crippen MR) is 66.7 cm³/mol. The van der Waals surface area contributed by atoms with E-state index in [1.165, 1.54) is 32.1 Å². The number of hydrogen-bond acceptors (Lipinski definition) is 3. The maximum absolute atomic E-state index is 5.77. The maximum atomic E-state index is 5.77. The summed E-state index contributed by atoms with van der Waals surface area (Å²) in [5, 5.41) is 3.59. The summed E-state index contributed by atoms with van der Waals surface area (Å²) in [6.45, 7) is 5.48. The van der Waals surface area contributed by atoms with Crippen molar-refractivity contribution in [1.29, 1.82) is 0 Å². The summed E-state index contributed by atoms with van der Waals surface area (Å²) >= 11 is 0. The zero-order chi connectivity index (χ0) is 11.4. The molecule has 0 radical (unpaired) electrons. The van der Waals surface area contributed by atoms with Gasteiger partial charge in [-0.05, 0) is 46.1 Å². The summed E-state index contributed by atoms with van der Waals surface area (Å²) in [6, 6.07) is 1.44. The van der Waals surface area contributed by atoms with Crippen LogP contribution < -0.4 is 5.32 Å². The molecule has 0 spiro atoms. The first kappa shape index (κ1) is 12.3. The molecule has 0 aromatic rings. The van der Waals surface area contributed by atoms with Crippen LogP contribution in [0.5, 0.6) is 0 Å². The van der Waals surface area contributed by atoms with Gasteiger partial charge in [0, 0.05) is 31.8 Å². The number of nitrogens with zero attached hydrogens (tertiary/aromatic N) is 1. The van der Waals surface area contributed by atoms with Gasteiger partial charge >= 0.3 is 0 Å². The summed E-state index contributed by atoms with van der Waals surface area (Å²) in [4.78, 5) is 2.44. The van der Waals surface area contributed by atoms with Crippen LogP contribution in [0.25, 0.3) is 0 Å². The zero-order valence-corrected chi connectivity index (χ0v) is 10.7. The molecule has 1 aliphatic heterocycles. The Balaban J connectivity index is 1.62. The minimum Gasteiger partial charge on any atom is -0.377 e. The molecule has 0 aromatic heterocycles. The number of ether oxygens (including phenoxy) is 1. The van der Waals surface area contributed by atoms with E-state index in [-0.39, 0.29) is 0 Å². The smallest absolute Gasteiger partial charge is 0.0702 e. The van der Waals surface area contributed by atoms with Gasteiger partial charge < -0.3 is 10.1 Å². The molecule has 0 bridgehead atoms. The first-order valence-corrected chi connectivity index (χ1v) is 6.81. The third kappa shape index (κ3) is 4.04. The highest BCUT2D eigenvalue weighted by molar-refractivity contribution is 4.83. The van der Waals surface area contributed by atoms with Crippen LogP contribution >= 0.6 is 0 Å². The molecule has 2 aliphatic rings. The number of rotatable bonds is 6. The van der Waals surface area contributed by atoms with Gasteiger partial charge in [0.15, 0.2) is 0 Å². The molecule has 2 rings (SSSR count). The van der Waals surface area contributed by atoms with Gasteiger partial charge in [0.25, 0.3) is 0 Å². The predicted octanol–water partition coefficient (Wildman–Crippen LogP) is 1.63. The number of hydrogen-bond donors (Lipinski definition) is 1. The molecular formula is C13H26N2O. The highest BCUT2D eigenvalue weighted by Crippen LogP contribution is 2.19. The molecule has 1 N–H and O–H groups in total. The van der Waals surface area contributed by atoms with Gasteiger partial charge in [-0.2, -0.15) is 0 Å². The quantitative estimate of drug-likeness (QED) is 0.745. The van der Waals surface area contributed by atoms with E-state index in [2.05, 4.69) is 24.2 Å². The molecule has 0 aromatic carbocycles. The minimum absolute atomic E-state index is 0.474. The lowest BCUT2D eigenvalue weighted by atomic mass is 10.1. The molecule has 2 atom stereocenters. The Morgan fingerprint density at radius 3 is 2.75 bits per heavy atom. The van der Waals surface area contributed by atoms with Crippen molar-refractivity contribution in [3.05, 3.63) is 0 Å². The van der Waals surface area contributed by atoms with E-state index in [4.69, 9.17) is 4.74 Å². The zero-order valence-electron chi connectivity index (χ0n) is 10.7. The molecule has 2 unspecified atom stereocenters. The van der Waals surface area contributed by atoms with E-state index in [1.807, 2.05) is 0 Å². The number of likely N-dealkylation sites (N-methyl/N-ethyl adjacent to an activating group) is 1. The Bertz CT molecular complexity index is 200. The van der Waals surface area contributed by atoms with Crippen LogP contribution in [0.2, 0.25) is 0 Å². The summed E-state index contributed by atoms with van der Waals surface area (Å²) in [5.74, 6) is 0. The number of nitrogens with one attached hydrogen (secondary N) is 1. The molecule has 1 heterocycles. The van der Waals surface area contributed by atoms with Crippen LogP contribution in [0.1, 0.15) is 39.0 Å². The second kappa shape index (κ2) is 5.99. The van der Waals surface area contributed by atoms with Crippen LogP contribution in [-0.4, -0.2) is 49.8 Å². The fourth-order valence-corrected chi connectivity index (χ4v) is 2.23. The normalized spacial score (nSPS) is 28.3. The topological polar surface area (TPSA) is 24.5 Å². The Kier molecular flexibility index (Phi) is 4.62. The van der Waals surface area contributed by atoms with Crippen molar-refractivity contribution in [2.75, 3.05) is 26.7 Å². The largest absolute Gasteiger partial charge is 0.377 e. The van der Waals surface area contributed by atoms with E-state index < -0.39 is 0 Å². The van der Waals surface area contributed by atoms with Crippen LogP contribution in [0.4, 0.5) is 0 Å². The summed E-state index contributed by atoms with van der Waals surface area (Å²) in [7, 11) is 2.22. The van der Waals surface area contributed by atoms with Gasteiger partial charge in [0.05, 0.1) is 6.10 Å². The molecule has 3 nitrogen and oxygen atoms in total. The first-order chi connectivity index (χ1) is 7.75. The van der Waals surface area contributed by atoms with E-state index in [1.54, 1.807) is 0 Å². The second-order valence-electron chi connectivity index (χ2n) is 5.46. The van der Waals surface area contributed by atoms with Gasteiger partial charge in [0.1, 0.15) is 0 Å². The van der Waals surface area contributed by atoms with Crippen molar-refractivity contribution >= 4 is 0 Å². The maximum Gasteiger partial charge on any atom is 0.0702 e. The average molecular weight is 226 g/mol. The fourth-order valence-electron chi connectivity index (χ4n) is 2.23. The van der Waals surface area contributed by atoms with Gasteiger partial charge in [-0.15, -0.1) is 0 Å². The summed E-state index contributed by atoms with van der Waals surface area (Å²) in [6.07, 6.45) is 7.06. The second-order valence-corrected chi connectivity index (χ2v) is 5.46. The standard InChI is InChI=1S/C13H26N2O/c1-11(9-14-12-6-7-12)15(2)10-13-5-3-4-8-16-13/h11-14H,3-10H2,1-2H3. The van der Waals surface area contributed by atoms with Crippen molar-refractivity contribution in [2.45, 2.75) is 57.2 Å². The highest BCUT2D eigenvalue weighted by Gasteiger charge is 2.23. The van der Waals surface area contributed by atoms with Crippen LogP contribution in [0, 0.1) is 0 Å². The molecule has 1 saturated heterocycles. The van der Waals surface area contributed by atoms with Crippen LogP contribution in [0.3, 0.4) is 0 Å². The third-order valence-electron chi connectivity index (χ3n) is 3.80. The van der Waals surface area contributed by atoms with Crippen molar-refractivity contribution in [1.82, 2.24) is 10.2 Å². The van der Waals surface area contributed by atoms with Gasteiger partial charge in [-0.25, -0.2) is 0 Å². The highest BCUT2D eigenvalue weighted by atomic mass is 16.5. The SMILES string of the molecule is CC(CNC1CC1)N(C)CC1CCCCO1. The fraction of sp³-hybridized carbons (Fsp3) is 1.00. The monoisotopic (exact) mass is 226 g/mol. The van der Waals surface area contributed by atoms with Gasteiger partial charge in [-0.3, -0.25) is 4.90 Å². The molecule has 1 aliphatic carbocycles. The van der Waals surface area contributed by atoms with Crippen LogP contribution in [0.15, 0.2) is 0 Å². The first-order valence-electron chi connectivity index (χ1n) is 6.81. The molecule has 1 saturated carbocycles. The van der Waals surface area contributed by atoms with E-state index in [0.29, 0.717) is 12.1 Å². The van der Waals surface area contributed by atoms with Crippen molar-refractivity contribution in [3.63, 3.8) is 0 Å². The molecule has 3 heteroatoms. The molecule has 16 heavy (non-hydrogen) atoms. The van der Waals surface area contributed by atoms with E-state index in [9.17, 15) is 0 Å². The summed E-state index contributed by atoms with van der Waals surface area (Å²) in [5.41, 5.74) is 0. The van der Waals surface area contributed by atoms with E-state index in [0.717, 1.165) is 25.7 Å². The van der Waals surface area contributed by atoms with Gasteiger partial charge in [0.2, 0.25) is 0 Å². The Morgan fingerprint density at radius 1 is 1.31 bits per heavy atom. The van der Waals surface area contributed by atoms with E-state index >= 15 is 0 Å².